The van der Waals surface area contributed by atoms with Gasteiger partial charge in [0.25, 0.3) is 0 Å². The Kier molecular flexibility index (Phi) is 3.77. The number of nitrogens with two attached hydrogens (primary N) is 1. The zero-order valence-corrected chi connectivity index (χ0v) is 13.8. The van der Waals surface area contributed by atoms with Crippen molar-refractivity contribution in [2.75, 3.05) is 11.1 Å². The van der Waals surface area contributed by atoms with Crippen LogP contribution in [0.3, 0.4) is 0 Å². The van der Waals surface area contributed by atoms with Crippen molar-refractivity contribution in [2.24, 2.45) is 0 Å². The standard InChI is InChI=1S/C14H17N5S2/c1-4-9-5-10-11(18-14(15)19-13(10)21-9)17-8(3)12-16-6-7(2)20-12/h5-6,8H,4H2,1-3H3,(H3,15,17,18,19). The van der Waals surface area contributed by atoms with E-state index in [4.69, 9.17) is 5.73 Å². The highest BCUT2D eigenvalue weighted by atomic mass is 32.1. The molecule has 0 amide bonds. The van der Waals surface area contributed by atoms with Crippen molar-refractivity contribution in [3.8, 4) is 0 Å². The molecule has 0 fully saturated rings. The molecule has 0 radical (unpaired) electrons. The van der Waals surface area contributed by atoms with Crippen molar-refractivity contribution in [1.29, 1.82) is 0 Å². The molecule has 3 aromatic rings. The number of aromatic nitrogens is 3. The average Bonchev–Trinajstić information content (AvgIpc) is 3.04. The molecule has 1 unspecified atom stereocenters. The van der Waals surface area contributed by atoms with E-state index >= 15 is 0 Å². The summed E-state index contributed by atoms with van der Waals surface area (Å²) in [5.74, 6) is 1.09. The van der Waals surface area contributed by atoms with Crippen LogP contribution < -0.4 is 11.1 Å². The third-order valence-electron chi connectivity index (χ3n) is 3.17. The lowest BCUT2D eigenvalue weighted by Crippen LogP contribution is -2.09. The van der Waals surface area contributed by atoms with Gasteiger partial charge in [-0.1, -0.05) is 6.92 Å². The van der Waals surface area contributed by atoms with Crippen LogP contribution in [0, 0.1) is 6.92 Å². The Bertz CT molecular complexity index is 777. The van der Waals surface area contributed by atoms with E-state index < -0.39 is 0 Å². The molecule has 0 saturated heterocycles. The van der Waals surface area contributed by atoms with Gasteiger partial charge in [0.1, 0.15) is 15.7 Å². The summed E-state index contributed by atoms with van der Waals surface area (Å²) in [4.78, 5) is 16.5. The number of fused-ring (bicyclic) bond motifs is 1. The minimum Gasteiger partial charge on any atom is -0.368 e. The Balaban J connectivity index is 1.97. The van der Waals surface area contributed by atoms with Gasteiger partial charge in [-0.3, -0.25) is 0 Å². The second-order valence-corrected chi connectivity index (χ2v) is 7.27. The summed E-state index contributed by atoms with van der Waals surface area (Å²) < 4.78 is 0. The number of nitrogens with zero attached hydrogens (tertiary/aromatic N) is 3. The van der Waals surface area contributed by atoms with Gasteiger partial charge < -0.3 is 11.1 Å². The van der Waals surface area contributed by atoms with Gasteiger partial charge in [0.15, 0.2) is 0 Å². The Morgan fingerprint density at radius 2 is 2.14 bits per heavy atom. The van der Waals surface area contributed by atoms with Crippen molar-refractivity contribution >= 4 is 44.7 Å². The molecule has 3 aromatic heterocycles. The zero-order chi connectivity index (χ0) is 15.0. The van der Waals surface area contributed by atoms with Crippen LogP contribution in [0.25, 0.3) is 10.2 Å². The maximum atomic E-state index is 5.83. The van der Waals surface area contributed by atoms with E-state index in [0.29, 0.717) is 5.95 Å². The van der Waals surface area contributed by atoms with E-state index in [1.54, 1.807) is 22.7 Å². The van der Waals surface area contributed by atoms with Crippen LogP contribution in [0.2, 0.25) is 0 Å². The molecule has 3 N–H and O–H groups in total. The minimum atomic E-state index is 0.0891. The summed E-state index contributed by atoms with van der Waals surface area (Å²) >= 11 is 3.36. The van der Waals surface area contributed by atoms with Crippen molar-refractivity contribution in [1.82, 2.24) is 15.0 Å². The molecule has 0 saturated carbocycles. The molecule has 3 heterocycles. The van der Waals surface area contributed by atoms with Crippen LogP contribution >= 0.6 is 22.7 Å². The lowest BCUT2D eigenvalue weighted by Gasteiger charge is -2.12. The Morgan fingerprint density at radius 3 is 2.81 bits per heavy atom. The number of rotatable bonds is 4. The van der Waals surface area contributed by atoms with Crippen molar-refractivity contribution < 1.29 is 0 Å². The number of anilines is 2. The van der Waals surface area contributed by atoms with Crippen molar-refractivity contribution in [3.63, 3.8) is 0 Å². The van der Waals surface area contributed by atoms with Gasteiger partial charge >= 0.3 is 0 Å². The van der Waals surface area contributed by atoms with Crippen LogP contribution in [0.15, 0.2) is 12.3 Å². The molecule has 1 atom stereocenters. The Morgan fingerprint density at radius 1 is 1.33 bits per heavy atom. The highest BCUT2D eigenvalue weighted by Crippen LogP contribution is 2.32. The Hall–Kier alpha value is -1.73. The lowest BCUT2D eigenvalue weighted by atomic mass is 10.3. The highest BCUT2D eigenvalue weighted by molar-refractivity contribution is 7.18. The predicted octanol–water partition coefficient (Wildman–Crippen LogP) is 3.77. The SMILES string of the molecule is CCc1cc2c(NC(C)c3ncc(C)s3)nc(N)nc2s1. The van der Waals surface area contributed by atoms with Gasteiger partial charge in [-0.2, -0.15) is 4.98 Å². The predicted molar refractivity (Wildman–Crippen MR) is 90.1 cm³/mol. The van der Waals surface area contributed by atoms with Crippen LogP contribution in [0.5, 0.6) is 0 Å². The second kappa shape index (κ2) is 5.57. The van der Waals surface area contributed by atoms with E-state index in [9.17, 15) is 0 Å². The first kappa shape index (κ1) is 14.2. The fraction of sp³-hybridized carbons (Fsp3) is 0.357. The first-order chi connectivity index (χ1) is 10.1. The summed E-state index contributed by atoms with van der Waals surface area (Å²) in [5.41, 5.74) is 5.83. The molecule has 0 bridgehead atoms. The van der Waals surface area contributed by atoms with E-state index in [-0.39, 0.29) is 6.04 Å². The third kappa shape index (κ3) is 2.84. The molecule has 5 nitrogen and oxygen atoms in total. The molecule has 110 valence electrons. The summed E-state index contributed by atoms with van der Waals surface area (Å²) in [6.07, 6.45) is 2.88. The molecular weight excluding hydrogens is 302 g/mol. The summed E-state index contributed by atoms with van der Waals surface area (Å²) in [6, 6.07) is 2.23. The molecule has 0 aliphatic carbocycles. The number of nitrogen functional groups attached to an aromatic ring is 1. The van der Waals surface area contributed by atoms with Gasteiger partial charge in [0, 0.05) is 16.0 Å². The second-order valence-electron chi connectivity index (χ2n) is 4.89. The minimum absolute atomic E-state index is 0.0891. The summed E-state index contributed by atoms with van der Waals surface area (Å²) in [7, 11) is 0. The van der Waals surface area contributed by atoms with Crippen LogP contribution in [0.1, 0.15) is 34.7 Å². The molecule has 7 heteroatoms. The molecule has 0 aliphatic heterocycles. The topological polar surface area (TPSA) is 76.7 Å². The van der Waals surface area contributed by atoms with E-state index in [2.05, 4.69) is 47.1 Å². The molecule has 0 aromatic carbocycles. The number of hydrogen-bond donors (Lipinski definition) is 2. The smallest absolute Gasteiger partial charge is 0.223 e. The lowest BCUT2D eigenvalue weighted by molar-refractivity contribution is 0.863. The molecule has 21 heavy (non-hydrogen) atoms. The number of hydrogen-bond acceptors (Lipinski definition) is 7. The van der Waals surface area contributed by atoms with Gasteiger partial charge in [0.05, 0.1) is 11.4 Å². The van der Waals surface area contributed by atoms with E-state index in [1.807, 2.05) is 6.20 Å². The van der Waals surface area contributed by atoms with Crippen molar-refractivity contribution in [3.05, 3.63) is 27.0 Å². The van der Waals surface area contributed by atoms with Crippen LogP contribution in [0.4, 0.5) is 11.8 Å². The highest BCUT2D eigenvalue weighted by Gasteiger charge is 2.15. The van der Waals surface area contributed by atoms with Gasteiger partial charge in [-0.15, -0.1) is 22.7 Å². The fourth-order valence-corrected chi connectivity index (χ4v) is 3.86. The first-order valence-corrected chi connectivity index (χ1v) is 8.45. The normalized spacial score (nSPS) is 12.7. The summed E-state index contributed by atoms with van der Waals surface area (Å²) in [6.45, 7) is 6.27. The third-order valence-corrected chi connectivity index (χ3v) is 5.44. The van der Waals surface area contributed by atoms with Crippen LogP contribution in [-0.4, -0.2) is 15.0 Å². The largest absolute Gasteiger partial charge is 0.368 e. The average molecular weight is 319 g/mol. The van der Waals surface area contributed by atoms with Gasteiger partial charge in [0.2, 0.25) is 5.95 Å². The number of nitrogens with one attached hydrogen (secondary N) is 1. The fourth-order valence-electron chi connectivity index (χ4n) is 2.11. The molecule has 3 rings (SSSR count). The molecule has 0 aliphatic rings. The first-order valence-electron chi connectivity index (χ1n) is 6.81. The molecular formula is C14H17N5S2. The van der Waals surface area contributed by atoms with Crippen molar-refractivity contribution in [2.45, 2.75) is 33.2 Å². The number of thiophene rings is 1. The monoisotopic (exact) mass is 319 g/mol. The summed E-state index contributed by atoms with van der Waals surface area (Å²) in [5, 5.41) is 5.49. The number of aryl methyl sites for hydroxylation is 2. The van der Waals surface area contributed by atoms with Gasteiger partial charge in [-0.05, 0) is 26.3 Å². The Labute approximate surface area is 131 Å². The van der Waals surface area contributed by atoms with Gasteiger partial charge in [-0.25, -0.2) is 9.97 Å². The quantitative estimate of drug-likeness (QED) is 0.765. The molecule has 0 spiro atoms. The van der Waals surface area contributed by atoms with E-state index in [0.717, 1.165) is 27.5 Å². The number of thiazole rings is 1. The maximum absolute atomic E-state index is 5.83. The maximum Gasteiger partial charge on any atom is 0.223 e. The van der Waals surface area contributed by atoms with E-state index in [1.165, 1.54) is 9.75 Å². The van der Waals surface area contributed by atoms with Crippen LogP contribution in [-0.2, 0) is 6.42 Å². The zero-order valence-electron chi connectivity index (χ0n) is 12.2.